The zero-order valence-corrected chi connectivity index (χ0v) is 19.6. The van der Waals surface area contributed by atoms with Crippen LogP contribution in [0.15, 0.2) is 47.1 Å². The summed E-state index contributed by atoms with van der Waals surface area (Å²) in [5.74, 6) is -0.994. The first-order chi connectivity index (χ1) is 14.6. The monoisotopic (exact) mass is 429 g/mol. The fourth-order valence-electron chi connectivity index (χ4n) is 5.61. The standard InChI is InChI=1S/C26H39NO4/c1-6-21-11-12-22-19(8-7-14-25(21,22)3)9-10-20-16-26(30,17-23(28)18(20)2)31-15-13-24(29)27(4)5/h9-11,22-23,28,30H,2,6-8,12-17H2,1,3-5H3/t22-,23?,25+,26-/m0/s1. The van der Waals surface area contributed by atoms with Gasteiger partial charge in [0.25, 0.3) is 0 Å². The Balaban J connectivity index is 1.73. The average molecular weight is 430 g/mol. The molecule has 0 aromatic carbocycles. The van der Waals surface area contributed by atoms with Gasteiger partial charge in [0.1, 0.15) is 0 Å². The molecule has 5 heteroatoms. The van der Waals surface area contributed by atoms with Crippen molar-refractivity contribution in [1.82, 2.24) is 4.90 Å². The molecule has 0 aromatic rings. The summed E-state index contributed by atoms with van der Waals surface area (Å²) < 4.78 is 5.68. The zero-order valence-electron chi connectivity index (χ0n) is 19.6. The molecule has 4 atom stereocenters. The number of nitrogens with zero attached hydrogens (tertiary/aromatic N) is 1. The molecule has 0 radical (unpaired) electrons. The number of carbonyl (C=O) groups excluding carboxylic acids is 1. The van der Waals surface area contributed by atoms with Crippen molar-refractivity contribution in [1.29, 1.82) is 0 Å². The summed E-state index contributed by atoms with van der Waals surface area (Å²) >= 11 is 0. The highest BCUT2D eigenvalue weighted by Gasteiger charge is 2.44. The van der Waals surface area contributed by atoms with E-state index >= 15 is 0 Å². The van der Waals surface area contributed by atoms with Crippen molar-refractivity contribution < 1.29 is 19.7 Å². The van der Waals surface area contributed by atoms with E-state index in [-0.39, 0.29) is 37.2 Å². The fraction of sp³-hybridized carbons (Fsp3) is 0.654. The largest absolute Gasteiger partial charge is 0.388 e. The minimum atomic E-state index is -1.48. The van der Waals surface area contributed by atoms with Crippen molar-refractivity contribution in [3.05, 3.63) is 47.1 Å². The summed E-state index contributed by atoms with van der Waals surface area (Å²) in [6.07, 6.45) is 12.1. The average Bonchev–Trinajstić information content (AvgIpc) is 3.06. The number of aliphatic hydroxyl groups excluding tert-OH is 1. The molecule has 0 spiro atoms. The highest BCUT2D eigenvalue weighted by Crippen LogP contribution is 2.55. The predicted molar refractivity (Wildman–Crippen MR) is 123 cm³/mol. The van der Waals surface area contributed by atoms with Crippen LogP contribution < -0.4 is 0 Å². The third-order valence-electron chi connectivity index (χ3n) is 7.57. The van der Waals surface area contributed by atoms with Crippen molar-refractivity contribution in [3.8, 4) is 0 Å². The molecule has 0 heterocycles. The lowest BCUT2D eigenvalue weighted by Crippen LogP contribution is -2.42. The summed E-state index contributed by atoms with van der Waals surface area (Å²) in [6.45, 7) is 8.83. The number of hydrogen-bond donors (Lipinski definition) is 2. The van der Waals surface area contributed by atoms with Gasteiger partial charge in [0.05, 0.1) is 19.1 Å². The molecule has 31 heavy (non-hydrogen) atoms. The van der Waals surface area contributed by atoms with Crippen molar-refractivity contribution in [2.45, 2.75) is 77.1 Å². The Morgan fingerprint density at radius 3 is 2.81 bits per heavy atom. The van der Waals surface area contributed by atoms with Gasteiger partial charge in [-0.2, -0.15) is 0 Å². The number of ether oxygens (including phenoxy) is 1. The second-order valence-electron chi connectivity index (χ2n) is 9.83. The Morgan fingerprint density at radius 1 is 1.39 bits per heavy atom. The van der Waals surface area contributed by atoms with Crippen molar-refractivity contribution in [2.75, 3.05) is 20.7 Å². The molecular formula is C26H39NO4. The summed E-state index contributed by atoms with van der Waals surface area (Å²) in [4.78, 5) is 13.3. The van der Waals surface area contributed by atoms with Crippen LogP contribution in [0, 0.1) is 11.3 Å². The van der Waals surface area contributed by atoms with Crippen LogP contribution in [-0.2, 0) is 9.53 Å². The highest BCUT2D eigenvalue weighted by molar-refractivity contribution is 5.75. The summed E-state index contributed by atoms with van der Waals surface area (Å²) in [5, 5.41) is 21.4. The van der Waals surface area contributed by atoms with Gasteiger partial charge >= 0.3 is 0 Å². The molecule has 172 valence electrons. The van der Waals surface area contributed by atoms with Crippen molar-refractivity contribution in [3.63, 3.8) is 0 Å². The molecule has 3 aliphatic rings. The van der Waals surface area contributed by atoms with E-state index in [9.17, 15) is 15.0 Å². The molecule has 0 bridgehead atoms. The molecule has 0 saturated heterocycles. The minimum absolute atomic E-state index is 0.0539. The highest BCUT2D eigenvalue weighted by atomic mass is 16.6. The van der Waals surface area contributed by atoms with E-state index in [4.69, 9.17) is 4.74 Å². The van der Waals surface area contributed by atoms with E-state index in [0.717, 1.165) is 24.8 Å². The topological polar surface area (TPSA) is 70.0 Å². The maximum Gasteiger partial charge on any atom is 0.224 e. The van der Waals surface area contributed by atoms with Gasteiger partial charge in [0.2, 0.25) is 5.91 Å². The first-order valence-electron chi connectivity index (χ1n) is 11.6. The lowest BCUT2D eigenvalue weighted by molar-refractivity contribution is -0.220. The molecule has 2 N–H and O–H groups in total. The lowest BCUT2D eigenvalue weighted by Gasteiger charge is -2.41. The van der Waals surface area contributed by atoms with Crippen LogP contribution in [0.25, 0.3) is 0 Å². The van der Waals surface area contributed by atoms with Gasteiger partial charge in [0.15, 0.2) is 5.79 Å². The van der Waals surface area contributed by atoms with Gasteiger partial charge in [-0.15, -0.1) is 0 Å². The first-order valence-corrected chi connectivity index (χ1v) is 11.6. The van der Waals surface area contributed by atoms with E-state index in [0.29, 0.717) is 11.5 Å². The van der Waals surface area contributed by atoms with Crippen LogP contribution in [0.2, 0.25) is 0 Å². The Morgan fingerprint density at radius 2 is 2.13 bits per heavy atom. The van der Waals surface area contributed by atoms with Gasteiger partial charge in [-0.1, -0.05) is 49.8 Å². The van der Waals surface area contributed by atoms with Crippen LogP contribution in [0.3, 0.4) is 0 Å². The second kappa shape index (κ2) is 9.43. The maximum atomic E-state index is 11.8. The molecule has 2 fully saturated rings. The smallest absolute Gasteiger partial charge is 0.224 e. The van der Waals surface area contributed by atoms with E-state index < -0.39 is 11.9 Å². The van der Waals surface area contributed by atoms with E-state index in [1.807, 2.05) is 6.08 Å². The van der Waals surface area contributed by atoms with Crippen LogP contribution in [0.4, 0.5) is 0 Å². The van der Waals surface area contributed by atoms with Crippen molar-refractivity contribution >= 4 is 5.91 Å². The Kier molecular flexibility index (Phi) is 7.29. The first kappa shape index (κ1) is 24.0. The number of hydrogen-bond acceptors (Lipinski definition) is 4. The number of allylic oxidation sites excluding steroid dienone is 5. The van der Waals surface area contributed by atoms with Gasteiger partial charge in [-0.25, -0.2) is 0 Å². The molecule has 1 amide bonds. The zero-order chi connectivity index (χ0) is 22.8. The van der Waals surface area contributed by atoms with Crippen LogP contribution >= 0.6 is 0 Å². The molecule has 1 unspecified atom stereocenters. The Labute approximate surface area is 187 Å². The molecular weight excluding hydrogens is 390 g/mol. The number of carbonyl (C=O) groups is 1. The second-order valence-corrected chi connectivity index (χ2v) is 9.83. The number of amides is 1. The van der Waals surface area contributed by atoms with Gasteiger partial charge < -0.3 is 19.8 Å². The number of fused-ring (bicyclic) bond motifs is 1. The summed E-state index contributed by atoms with van der Waals surface area (Å²) in [7, 11) is 3.39. The quantitative estimate of drug-likeness (QED) is 0.488. The number of rotatable bonds is 6. The Bertz CT molecular complexity index is 808. The third kappa shape index (κ3) is 5.05. The van der Waals surface area contributed by atoms with Gasteiger partial charge in [0, 0.05) is 26.9 Å². The predicted octanol–water partition coefficient (Wildman–Crippen LogP) is 4.28. The molecule has 5 nitrogen and oxygen atoms in total. The van der Waals surface area contributed by atoms with Crippen LogP contribution in [0.1, 0.15) is 65.2 Å². The van der Waals surface area contributed by atoms with Crippen LogP contribution in [-0.4, -0.2) is 53.6 Å². The molecule has 0 aromatic heterocycles. The molecule has 2 saturated carbocycles. The fourth-order valence-corrected chi connectivity index (χ4v) is 5.61. The summed E-state index contributed by atoms with van der Waals surface area (Å²) in [5.41, 5.74) is 4.77. The normalized spacial score (nSPS) is 35.9. The third-order valence-corrected chi connectivity index (χ3v) is 7.57. The van der Waals surface area contributed by atoms with E-state index in [2.05, 4.69) is 32.6 Å². The number of aliphatic hydroxyl groups is 2. The Hall–Kier alpha value is -1.69. The maximum absolute atomic E-state index is 11.8. The SMILES string of the molecule is C=C1C(=CC=C2CCC[C@]3(C)C(CC)=CC[C@@H]23)C[C@](O)(OCCC(=O)N(C)C)CC1O. The lowest BCUT2D eigenvalue weighted by atomic mass is 9.64. The van der Waals surface area contributed by atoms with Gasteiger partial charge in [-0.3, -0.25) is 4.79 Å². The molecule has 0 aliphatic heterocycles. The van der Waals surface area contributed by atoms with Crippen molar-refractivity contribution in [2.24, 2.45) is 11.3 Å². The molecule has 3 aliphatic carbocycles. The van der Waals surface area contributed by atoms with E-state index in [1.165, 1.54) is 23.3 Å². The summed E-state index contributed by atoms with van der Waals surface area (Å²) in [6, 6.07) is 0. The van der Waals surface area contributed by atoms with Gasteiger partial charge in [-0.05, 0) is 54.6 Å². The molecule has 3 rings (SSSR count). The minimum Gasteiger partial charge on any atom is -0.388 e. The van der Waals surface area contributed by atoms with Crippen LogP contribution in [0.5, 0.6) is 0 Å². The van der Waals surface area contributed by atoms with E-state index in [1.54, 1.807) is 19.7 Å².